The van der Waals surface area contributed by atoms with Gasteiger partial charge in [0.25, 0.3) is 0 Å². The van der Waals surface area contributed by atoms with Crippen LogP contribution in [0.25, 0.3) is 10.3 Å². The minimum absolute atomic E-state index is 0.588. The summed E-state index contributed by atoms with van der Waals surface area (Å²) in [6, 6.07) is 0.588. The van der Waals surface area contributed by atoms with E-state index >= 15 is 0 Å². The molecule has 1 aliphatic heterocycles. The molecular formula is C11H15N5S. The SMILES string of the molecule is CN(c1nc2cncnc2s1)C1CCNCC1. The van der Waals surface area contributed by atoms with Crippen LogP contribution in [-0.4, -0.2) is 41.1 Å². The Morgan fingerprint density at radius 2 is 2.24 bits per heavy atom. The summed E-state index contributed by atoms with van der Waals surface area (Å²) in [6.45, 7) is 2.19. The van der Waals surface area contributed by atoms with Gasteiger partial charge in [0.15, 0.2) is 5.13 Å². The number of aromatic nitrogens is 3. The number of thiazole rings is 1. The Morgan fingerprint density at radius 3 is 3.00 bits per heavy atom. The second-order valence-electron chi connectivity index (χ2n) is 4.30. The van der Waals surface area contributed by atoms with Crippen LogP contribution in [0.5, 0.6) is 0 Å². The van der Waals surface area contributed by atoms with Crippen LogP contribution in [-0.2, 0) is 0 Å². The van der Waals surface area contributed by atoms with Gasteiger partial charge in [-0.25, -0.2) is 15.0 Å². The molecule has 1 aliphatic rings. The van der Waals surface area contributed by atoms with Crippen molar-refractivity contribution in [1.29, 1.82) is 0 Å². The molecule has 1 N–H and O–H groups in total. The first-order valence-corrected chi connectivity index (χ1v) is 6.66. The van der Waals surface area contributed by atoms with Gasteiger partial charge < -0.3 is 10.2 Å². The predicted octanol–water partition coefficient (Wildman–Crippen LogP) is 1.27. The van der Waals surface area contributed by atoms with Crippen molar-refractivity contribution in [3.63, 3.8) is 0 Å². The molecule has 5 nitrogen and oxygen atoms in total. The lowest BCUT2D eigenvalue weighted by molar-refractivity contribution is 0.443. The lowest BCUT2D eigenvalue weighted by Gasteiger charge is -2.31. The lowest BCUT2D eigenvalue weighted by Crippen LogP contribution is -2.41. The van der Waals surface area contributed by atoms with E-state index < -0.39 is 0 Å². The average Bonchev–Trinajstić information content (AvgIpc) is 2.82. The predicted molar refractivity (Wildman–Crippen MR) is 69.5 cm³/mol. The highest BCUT2D eigenvalue weighted by atomic mass is 32.1. The third kappa shape index (κ3) is 2.10. The van der Waals surface area contributed by atoms with Crippen molar-refractivity contribution in [1.82, 2.24) is 20.3 Å². The van der Waals surface area contributed by atoms with Crippen LogP contribution in [0.2, 0.25) is 0 Å². The number of nitrogens with one attached hydrogen (secondary N) is 1. The van der Waals surface area contributed by atoms with Gasteiger partial charge in [-0.05, 0) is 25.9 Å². The standard InChI is InChI=1S/C11H15N5S/c1-16(8-2-4-12-5-3-8)11-15-9-6-13-7-14-10(9)17-11/h6-8,12H,2-5H2,1H3. The van der Waals surface area contributed by atoms with Gasteiger partial charge in [-0.15, -0.1) is 0 Å². The highest BCUT2D eigenvalue weighted by Crippen LogP contribution is 2.28. The van der Waals surface area contributed by atoms with Crippen molar-refractivity contribution in [2.24, 2.45) is 0 Å². The molecule has 2 aromatic rings. The Balaban J connectivity index is 1.86. The van der Waals surface area contributed by atoms with E-state index in [9.17, 15) is 0 Å². The van der Waals surface area contributed by atoms with Crippen LogP contribution in [0.4, 0.5) is 5.13 Å². The number of hydrogen-bond donors (Lipinski definition) is 1. The van der Waals surface area contributed by atoms with E-state index in [1.807, 2.05) is 0 Å². The molecule has 90 valence electrons. The molecule has 1 fully saturated rings. The third-order valence-electron chi connectivity index (χ3n) is 3.22. The fourth-order valence-corrected chi connectivity index (χ4v) is 3.09. The molecule has 0 bridgehead atoms. The number of rotatable bonds is 2. The van der Waals surface area contributed by atoms with Gasteiger partial charge in [-0.3, -0.25) is 0 Å². The van der Waals surface area contributed by atoms with Crippen LogP contribution >= 0.6 is 11.3 Å². The van der Waals surface area contributed by atoms with Gasteiger partial charge in [0, 0.05) is 13.1 Å². The molecule has 2 aromatic heterocycles. The van der Waals surface area contributed by atoms with Crippen molar-refractivity contribution >= 4 is 26.8 Å². The molecule has 17 heavy (non-hydrogen) atoms. The van der Waals surface area contributed by atoms with Gasteiger partial charge >= 0.3 is 0 Å². The summed E-state index contributed by atoms with van der Waals surface area (Å²) >= 11 is 1.64. The zero-order chi connectivity index (χ0) is 11.7. The monoisotopic (exact) mass is 249 g/mol. The zero-order valence-corrected chi connectivity index (χ0v) is 10.6. The molecule has 0 amide bonds. The summed E-state index contributed by atoms with van der Waals surface area (Å²) in [4.78, 5) is 16.1. The Bertz CT molecular complexity index is 472. The van der Waals surface area contributed by atoms with Crippen LogP contribution in [0.15, 0.2) is 12.5 Å². The zero-order valence-electron chi connectivity index (χ0n) is 9.76. The topological polar surface area (TPSA) is 53.9 Å². The summed E-state index contributed by atoms with van der Waals surface area (Å²) in [7, 11) is 2.13. The summed E-state index contributed by atoms with van der Waals surface area (Å²) < 4.78 is 0. The van der Waals surface area contributed by atoms with Crippen LogP contribution in [0.1, 0.15) is 12.8 Å². The van der Waals surface area contributed by atoms with E-state index in [-0.39, 0.29) is 0 Å². The van der Waals surface area contributed by atoms with Crippen LogP contribution in [0, 0.1) is 0 Å². The third-order valence-corrected chi connectivity index (χ3v) is 4.29. The van der Waals surface area contributed by atoms with Gasteiger partial charge in [0.2, 0.25) is 0 Å². The summed E-state index contributed by atoms with van der Waals surface area (Å²) in [5.41, 5.74) is 0.897. The molecule has 6 heteroatoms. The Kier molecular flexibility index (Phi) is 2.90. The fourth-order valence-electron chi connectivity index (χ4n) is 2.18. The van der Waals surface area contributed by atoms with E-state index in [4.69, 9.17) is 0 Å². The summed E-state index contributed by atoms with van der Waals surface area (Å²) in [5.74, 6) is 0. The molecule has 0 aromatic carbocycles. The normalized spacial score (nSPS) is 17.5. The first-order chi connectivity index (χ1) is 8.34. The van der Waals surface area contributed by atoms with E-state index in [0.29, 0.717) is 6.04 Å². The Morgan fingerprint density at radius 1 is 1.41 bits per heavy atom. The number of nitrogens with zero attached hydrogens (tertiary/aromatic N) is 4. The molecule has 0 spiro atoms. The molecular weight excluding hydrogens is 234 g/mol. The second kappa shape index (κ2) is 4.54. The van der Waals surface area contributed by atoms with Gasteiger partial charge in [-0.2, -0.15) is 0 Å². The number of fused-ring (bicyclic) bond motifs is 1. The molecule has 0 aliphatic carbocycles. The van der Waals surface area contributed by atoms with E-state index in [2.05, 4.69) is 32.2 Å². The highest BCUT2D eigenvalue weighted by Gasteiger charge is 2.20. The molecule has 0 atom stereocenters. The second-order valence-corrected chi connectivity index (χ2v) is 5.26. The molecule has 0 saturated carbocycles. The quantitative estimate of drug-likeness (QED) is 0.868. The van der Waals surface area contributed by atoms with Gasteiger partial charge in [-0.1, -0.05) is 11.3 Å². The van der Waals surface area contributed by atoms with Crippen molar-refractivity contribution < 1.29 is 0 Å². The van der Waals surface area contributed by atoms with E-state index in [1.54, 1.807) is 23.9 Å². The highest BCUT2D eigenvalue weighted by molar-refractivity contribution is 7.21. The first-order valence-electron chi connectivity index (χ1n) is 5.84. The van der Waals surface area contributed by atoms with Crippen LogP contribution < -0.4 is 10.2 Å². The van der Waals surface area contributed by atoms with Gasteiger partial charge in [0.1, 0.15) is 16.7 Å². The minimum Gasteiger partial charge on any atom is -0.348 e. The maximum atomic E-state index is 4.59. The smallest absolute Gasteiger partial charge is 0.187 e. The van der Waals surface area contributed by atoms with Crippen molar-refractivity contribution in [3.05, 3.63) is 12.5 Å². The fraction of sp³-hybridized carbons (Fsp3) is 0.545. The van der Waals surface area contributed by atoms with Crippen molar-refractivity contribution in [2.75, 3.05) is 25.0 Å². The molecule has 0 radical (unpaired) electrons. The van der Waals surface area contributed by atoms with E-state index in [1.165, 1.54) is 12.8 Å². The maximum Gasteiger partial charge on any atom is 0.187 e. The van der Waals surface area contributed by atoms with Crippen LogP contribution in [0.3, 0.4) is 0 Å². The number of piperidine rings is 1. The van der Waals surface area contributed by atoms with Gasteiger partial charge in [0.05, 0.1) is 6.20 Å². The minimum atomic E-state index is 0.588. The molecule has 0 unspecified atom stereocenters. The summed E-state index contributed by atoms with van der Waals surface area (Å²) in [5, 5.41) is 4.43. The van der Waals surface area contributed by atoms with Crippen molar-refractivity contribution in [2.45, 2.75) is 18.9 Å². The lowest BCUT2D eigenvalue weighted by atomic mass is 10.1. The molecule has 3 heterocycles. The first kappa shape index (κ1) is 10.9. The number of hydrogen-bond acceptors (Lipinski definition) is 6. The maximum absolute atomic E-state index is 4.59. The Hall–Kier alpha value is -1.27. The number of anilines is 1. The van der Waals surface area contributed by atoms with E-state index in [0.717, 1.165) is 28.6 Å². The largest absolute Gasteiger partial charge is 0.348 e. The average molecular weight is 249 g/mol. The van der Waals surface area contributed by atoms with Crippen molar-refractivity contribution in [3.8, 4) is 0 Å². The summed E-state index contributed by atoms with van der Waals surface area (Å²) in [6.07, 6.45) is 5.71. The molecule has 1 saturated heterocycles. The Labute approximate surface area is 104 Å². The molecule has 3 rings (SSSR count).